The highest BCUT2D eigenvalue weighted by Crippen LogP contribution is 2.19. The molecule has 1 aromatic heterocycles. The first-order valence-electron chi connectivity index (χ1n) is 6.93. The largest absolute Gasteiger partial charge is 0.383 e. The first kappa shape index (κ1) is 15.8. The number of amides is 1. The summed E-state index contributed by atoms with van der Waals surface area (Å²) in [5.41, 5.74) is 3.09. The Kier molecular flexibility index (Phi) is 5.59. The monoisotopic (exact) mass is 309 g/mol. The number of hydrogen-bond acceptors (Lipinski definition) is 3. The average Bonchev–Trinajstić information content (AvgIpc) is 2.82. The fourth-order valence-corrected chi connectivity index (χ4v) is 2.44. The van der Waals surface area contributed by atoms with Crippen molar-refractivity contribution in [3.8, 4) is 0 Å². The molecule has 0 saturated heterocycles. The van der Waals surface area contributed by atoms with Crippen LogP contribution in [0.15, 0.2) is 18.2 Å². The molecule has 0 spiro atoms. The Morgan fingerprint density at radius 3 is 3.00 bits per heavy atom. The maximum atomic E-state index is 11.8. The van der Waals surface area contributed by atoms with Gasteiger partial charge in [-0.2, -0.15) is 0 Å². The smallest absolute Gasteiger partial charge is 0.221 e. The summed E-state index contributed by atoms with van der Waals surface area (Å²) in [5.74, 6) is 1.13. The predicted molar refractivity (Wildman–Crippen MR) is 83.5 cm³/mol. The number of nitrogens with one attached hydrogen (secondary N) is 1. The van der Waals surface area contributed by atoms with E-state index in [1.807, 2.05) is 29.7 Å². The van der Waals surface area contributed by atoms with Gasteiger partial charge in [0.2, 0.25) is 5.91 Å². The predicted octanol–water partition coefficient (Wildman–Crippen LogP) is 2.24. The zero-order chi connectivity index (χ0) is 15.2. The minimum atomic E-state index is 0.00142. The van der Waals surface area contributed by atoms with Crippen LogP contribution in [0.4, 0.5) is 0 Å². The highest BCUT2D eigenvalue weighted by Gasteiger charge is 2.11. The molecule has 0 aliphatic rings. The highest BCUT2D eigenvalue weighted by molar-refractivity contribution is 6.16. The van der Waals surface area contributed by atoms with Gasteiger partial charge in [0.25, 0.3) is 0 Å². The molecular weight excluding hydrogens is 290 g/mol. The van der Waals surface area contributed by atoms with Crippen molar-refractivity contribution in [1.29, 1.82) is 0 Å². The highest BCUT2D eigenvalue weighted by atomic mass is 35.5. The van der Waals surface area contributed by atoms with Gasteiger partial charge in [0.05, 0.1) is 23.5 Å². The number of ether oxygens (including phenoxy) is 1. The van der Waals surface area contributed by atoms with Crippen LogP contribution in [-0.2, 0) is 22.0 Å². The topological polar surface area (TPSA) is 56.1 Å². The van der Waals surface area contributed by atoms with E-state index < -0.39 is 0 Å². The summed E-state index contributed by atoms with van der Waals surface area (Å²) in [7, 11) is 1.61. The number of halogens is 1. The Hall–Kier alpha value is -1.59. The fraction of sp³-hybridized carbons (Fsp3) is 0.467. The average molecular weight is 310 g/mol. The maximum absolute atomic E-state index is 11.8. The number of alkyl halides is 1. The second-order valence-corrected chi connectivity index (χ2v) is 5.17. The van der Waals surface area contributed by atoms with E-state index >= 15 is 0 Å². The summed E-state index contributed by atoms with van der Waals surface area (Å²) < 4.78 is 6.91. The Bertz CT molecular complexity index is 625. The second kappa shape index (κ2) is 7.43. The van der Waals surface area contributed by atoms with Crippen LogP contribution in [0.2, 0.25) is 0 Å². The van der Waals surface area contributed by atoms with Crippen molar-refractivity contribution in [2.75, 3.05) is 20.3 Å². The van der Waals surface area contributed by atoms with E-state index in [1.54, 1.807) is 7.11 Å². The number of hydrogen-bond donors (Lipinski definition) is 1. The molecule has 21 heavy (non-hydrogen) atoms. The lowest BCUT2D eigenvalue weighted by molar-refractivity contribution is -0.121. The van der Waals surface area contributed by atoms with Crippen molar-refractivity contribution in [1.82, 2.24) is 14.9 Å². The van der Waals surface area contributed by atoms with Gasteiger partial charge in [0.1, 0.15) is 5.82 Å². The van der Waals surface area contributed by atoms with Crippen LogP contribution in [0, 0.1) is 6.92 Å². The minimum Gasteiger partial charge on any atom is -0.383 e. The number of carbonyl (C=O) groups excluding carboxylic acids is 1. The van der Waals surface area contributed by atoms with Crippen LogP contribution >= 0.6 is 11.6 Å². The van der Waals surface area contributed by atoms with Crippen LogP contribution < -0.4 is 5.32 Å². The van der Waals surface area contributed by atoms with E-state index in [4.69, 9.17) is 16.3 Å². The van der Waals surface area contributed by atoms with Crippen molar-refractivity contribution in [3.63, 3.8) is 0 Å². The van der Waals surface area contributed by atoms with Gasteiger partial charge in [-0.15, -0.1) is 11.6 Å². The molecule has 0 fully saturated rings. The van der Waals surface area contributed by atoms with Gasteiger partial charge in [-0.05, 0) is 24.6 Å². The van der Waals surface area contributed by atoms with Gasteiger partial charge in [0.15, 0.2) is 0 Å². The van der Waals surface area contributed by atoms with Crippen molar-refractivity contribution < 1.29 is 9.53 Å². The van der Waals surface area contributed by atoms with Crippen LogP contribution in [-0.4, -0.2) is 35.7 Å². The van der Waals surface area contributed by atoms with Crippen molar-refractivity contribution in [3.05, 3.63) is 29.6 Å². The number of nitrogens with zero attached hydrogens (tertiary/aromatic N) is 2. The minimum absolute atomic E-state index is 0.00142. The number of aryl methyl sites for hydroxylation is 2. The molecule has 0 bridgehead atoms. The van der Waals surface area contributed by atoms with Crippen LogP contribution in [0.1, 0.15) is 17.8 Å². The van der Waals surface area contributed by atoms with E-state index in [9.17, 15) is 4.79 Å². The Balaban J connectivity index is 2.08. The van der Waals surface area contributed by atoms with E-state index in [0.717, 1.165) is 22.4 Å². The third-order valence-corrected chi connectivity index (χ3v) is 3.53. The lowest BCUT2D eigenvalue weighted by atomic mass is 10.2. The molecule has 1 N–H and O–H groups in total. The van der Waals surface area contributed by atoms with Crippen molar-refractivity contribution in [2.24, 2.45) is 0 Å². The van der Waals surface area contributed by atoms with E-state index in [2.05, 4.69) is 10.3 Å². The number of aromatic nitrogens is 2. The Morgan fingerprint density at radius 2 is 2.29 bits per heavy atom. The van der Waals surface area contributed by atoms with Gasteiger partial charge < -0.3 is 14.6 Å². The van der Waals surface area contributed by atoms with E-state index in [-0.39, 0.29) is 5.91 Å². The number of fused-ring (bicyclic) bond motifs is 1. The molecule has 2 aromatic rings. The number of rotatable bonds is 7. The summed E-state index contributed by atoms with van der Waals surface area (Å²) in [6.07, 6.45) is 0.396. The summed E-state index contributed by atoms with van der Waals surface area (Å²) in [6, 6.07) is 6.09. The first-order chi connectivity index (χ1) is 10.2. The molecule has 2 rings (SSSR count). The quantitative estimate of drug-likeness (QED) is 0.630. The molecule has 0 unspecified atom stereocenters. The van der Waals surface area contributed by atoms with Gasteiger partial charge in [-0.25, -0.2) is 4.98 Å². The first-order valence-corrected chi connectivity index (χ1v) is 7.46. The van der Waals surface area contributed by atoms with E-state index in [0.29, 0.717) is 32.0 Å². The summed E-state index contributed by atoms with van der Waals surface area (Å²) in [6.45, 7) is 3.65. The van der Waals surface area contributed by atoms with E-state index in [1.165, 1.54) is 0 Å². The lowest BCUT2D eigenvalue weighted by Gasteiger charge is -2.08. The number of benzene rings is 1. The molecule has 5 nitrogen and oxygen atoms in total. The molecule has 0 radical (unpaired) electrons. The van der Waals surface area contributed by atoms with Gasteiger partial charge in [0, 0.05) is 26.6 Å². The molecule has 1 heterocycles. The molecule has 1 aromatic carbocycles. The number of methoxy groups -OCH3 is 1. The van der Waals surface area contributed by atoms with Crippen LogP contribution in [0.3, 0.4) is 0 Å². The zero-order valence-electron chi connectivity index (χ0n) is 12.4. The van der Waals surface area contributed by atoms with Gasteiger partial charge in [-0.3, -0.25) is 4.79 Å². The lowest BCUT2D eigenvalue weighted by Crippen LogP contribution is -2.27. The molecule has 0 saturated carbocycles. The third-order valence-electron chi connectivity index (χ3n) is 3.29. The summed E-state index contributed by atoms with van der Waals surface area (Å²) in [4.78, 5) is 16.3. The second-order valence-electron chi connectivity index (χ2n) is 4.90. The number of carbonyl (C=O) groups is 1. The molecule has 1 amide bonds. The standard InChI is InChI=1S/C15H20ClN3O2/c1-11-3-4-13-12(9-11)18-14(10-16)19(13)7-5-15(20)17-6-8-21-2/h3-4,9H,5-8,10H2,1-2H3,(H,17,20). The third kappa shape index (κ3) is 3.95. The molecule has 0 atom stereocenters. The van der Waals surface area contributed by atoms with Gasteiger partial charge in [-0.1, -0.05) is 6.07 Å². The molecule has 114 valence electrons. The van der Waals surface area contributed by atoms with Gasteiger partial charge >= 0.3 is 0 Å². The Morgan fingerprint density at radius 1 is 1.48 bits per heavy atom. The number of imidazole rings is 1. The zero-order valence-corrected chi connectivity index (χ0v) is 13.1. The molecule has 0 aliphatic carbocycles. The SMILES string of the molecule is COCCNC(=O)CCn1c(CCl)nc2cc(C)ccc21. The van der Waals surface area contributed by atoms with Crippen LogP contribution in [0.5, 0.6) is 0 Å². The maximum Gasteiger partial charge on any atom is 0.221 e. The molecule has 6 heteroatoms. The summed E-state index contributed by atoms with van der Waals surface area (Å²) >= 11 is 5.96. The molecular formula is C15H20ClN3O2. The molecule has 0 aliphatic heterocycles. The van der Waals surface area contributed by atoms with Crippen molar-refractivity contribution >= 4 is 28.5 Å². The van der Waals surface area contributed by atoms with Crippen molar-refractivity contribution in [2.45, 2.75) is 25.8 Å². The summed E-state index contributed by atoms with van der Waals surface area (Å²) in [5, 5.41) is 2.81. The Labute approximate surface area is 129 Å². The fourth-order valence-electron chi connectivity index (χ4n) is 2.24. The van der Waals surface area contributed by atoms with Crippen LogP contribution in [0.25, 0.3) is 11.0 Å². The normalized spacial score (nSPS) is 11.0.